The molecule has 0 saturated heterocycles. The van der Waals surface area contributed by atoms with Gasteiger partial charge in [-0.1, -0.05) is 27.7 Å². The van der Waals surface area contributed by atoms with E-state index in [2.05, 4.69) is 19.2 Å². The lowest BCUT2D eigenvalue weighted by molar-refractivity contribution is -0.140. The van der Waals surface area contributed by atoms with Crippen molar-refractivity contribution < 1.29 is 14.7 Å². The van der Waals surface area contributed by atoms with E-state index in [1.807, 2.05) is 13.8 Å². The van der Waals surface area contributed by atoms with Crippen molar-refractivity contribution >= 4 is 11.9 Å². The summed E-state index contributed by atoms with van der Waals surface area (Å²) in [6.45, 7) is 8.76. The zero-order valence-electron chi connectivity index (χ0n) is 11.6. The second-order valence-corrected chi connectivity index (χ2v) is 6.85. The monoisotopic (exact) mass is 253 g/mol. The highest BCUT2D eigenvalue weighted by atomic mass is 16.4. The molecule has 2 saturated carbocycles. The van der Waals surface area contributed by atoms with E-state index in [0.29, 0.717) is 12.5 Å². The maximum atomic E-state index is 12.1. The molecular weight excluding hydrogens is 230 g/mol. The minimum Gasteiger partial charge on any atom is -0.481 e. The average Bonchev–Trinajstić information content (AvgIpc) is 3.10. The Labute approximate surface area is 108 Å². The standard InChI is InChI=1S/C14H23NO3/c1-8(2)14(5-6-14)7-15-11(16)9-10(12(17)18)13(9,3)4/h8-10H,5-7H2,1-4H3,(H,15,16)(H,17,18)/t9-,10+/m1/s1. The number of carbonyl (C=O) groups is 2. The van der Waals surface area contributed by atoms with Gasteiger partial charge in [0.05, 0.1) is 11.8 Å². The van der Waals surface area contributed by atoms with Crippen molar-refractivity contribution in [1.29, 1.82) is 0 Å². The number of carboxylic acid groups (broad SMARTS) is 1. The highest BCUT2D eigenvalue weighted by Crippen LogP contribution is 2.58. The summed E-state index contributed by atoms with van der Waals surface area (Å²) in [6, 6.07) is 0. The van der Waals surface area contributed by atoms with Crippen LogP contribution in [0.4, 0.5) is 0 Å². The van der Waals surface area contributed by atoms with Gasteiger partial charge in [0.2, 0.25) is 5.91 Å². The van der Waals surface area contributed by atoms with Crippen molar-refractivity contribution in [2.45, 2.75) is 40.5 Å². The smallest absolute Gasteiger partial charge is 0.307 e. The van der Waals surface area contributed by atoms with Gasteiger partial charge >= 0.3 is 5.97 Å². The van der Waals surface area contributed by atoms with Crippen molar-refractivity contribution in [2.75, 3.05) is 6.54 Å². The van der Waals surface area contributed by atoms with Crippen molar-refractivity contribution in [3.05, 3.63) is 0 Å². The Kier molecular flexibility index (Phi) is 2.95. The van der Waals surface area contributed by atoms with Crippen LogP contribution in [0.2, 0.25) is 0 Å². The van der Waals surface area contributed by atoms with E-state index in [4.69, 9.17) is 5.11 Å². The van der Waals surface area contributed by atoms with Crippen LogP contribution >= 0.6 is 0 Å². The molecule has 1 amide bonds. The Balaban J connectivity index is 1.89. The topological polar surface area (TPSA) is 66.4 Å². The molecule has 0 radical (unpaired) electrons. The lowest BCUT2D eigenvalue weighted by Gasteiger charge is -2.20. The van der Waals surface area contributed by atoms with Gasteiger partial charge in [-0.2, -0.15) is 0 Å². The number of carbonyl (C=O) groups excluding carboxylic acids is 1. The Hall–Kier alpha value is -1.06. The predicted molar refractivity (Wildman–Crippen MR) is 67.9 cm³/mol. The SMILES string of the molecule is CC(C)C1(CNC(=O)[C@H]2[C@@H](C(=O)O)C2(C)C)CC1. The number of amides is 1. The Morgan fingerprint density at radius 3 is 2.17 bits per heavy atom. The van der Waals surface area contributed by atoms with E-state index in [-0.39, 0.29) is 17.2 Å². The fraction of sp³-hybridized carbons (Fsp3) is 0.857. The van der Waals surface area contributed by atoms with E-state index in [1.54, 1.807) is 0 Å². The molecule has 2 atom stereocenters. The van der Waals surface area contributed by atoms with Crippen LogP contribution in [0.1, 0.15) is 40.5 Å². The lowest BCUT2D eigenvalue weighted by Crippen LogP contribution is -2.34. The van der Waals surface area contributed by atoms with Gasteiger partial charge in [-0.25, -0.2) is 0 Å². The van der Waals surface area contributed by atoms with Crippen LogP contribution in [0.3, 0.4) is 0 Å². The van der Waals surface area contributed by atoms with E-state index >= 15 is 0 Å². The van der Waals surface area contributed by atoms with Crippen LogP contribution in [0, 0.1) is 28.6 Å². The fourth-order valence-electron chi connectivity index (χ4n) is 3.08. The summed E-state index contributed by atoms with van der Waals surface area (Å²) in [5.74, 6) is -1.26. The third kappa shape index (κ3) is 2.02. The summed E-state index contributed by atoms with van der Waals surface area (Å²) in [7, 11) is 0. The van der Waals surface area contributed by atoms with Gasteiger partial charge in [0.1, 0.15) is 0 Å². The van der Waals surface area contributed by atoms with E-state index in [0.717, 1.165) is 0 Å². The molecule has 2 rings (SSSR count). The van der Waals surface area contributed by atoms with Crippen LogP contribution < -0.4 is 5.32 Å². The second-order valence-electron chi connectivity index (χ2n) is 6.85. The van der Waals surface area contributed by atoms with Crippen molar-refractivity contribution in [3.8, 4) is 0 Å². The molecule has 0 aromatic rings. The van der Waals surface area contributed by atoms with E-state index in [1.165, 1.54) is 12.8 Å². The number of aliphatic carboxylic acids is 1. The number of hydrogen-bond acceptors (Lipinski definition) is 2. The summed E-state index contributed by atoms with van der Waals surface area (Å²) >= 11 is 0. The van der Waals surface area contributed by atoms with Crippen molar-refractivity contribution in [2.24, 2.45) is 28.6 Å². The van der Waals surface area contributed by atoms with Gasteiger partial charge in [-0.15, -0.1) is 0 Å². The van der Waals surface area contributed by atoms with E-state index in [9.17, 15) is 9.59 Å². The number of nitrogens with one attached hydrogen (secondary N) is 1. The van der Waals surface area contributed by atoms with E-state index < -0.39 is 17.3 Å². The average molecular weight is 253 g/mol. The fourth-order valence-corrected chi connectivity index (χ4v) is 3.08. The molecular formula is C14H23NO3. The molecule has 0 aromatic heterocycles. The lowest BCUT2D eigenvalue weighted by atomic mass is 9.92. The van der Waals surface area contributed by atoms with Crippen LogP contribution in [0.5, 0.6) is 0 Å². The Bertz CT molecular complexity index is 383. The predicted octanol–water partition coefficient (Wildman–Crippen LogP) is 1.90. The molecule has 2 N–H and O–H groups in total. The summed E-state index contributed by atoms with van der Waals surface area (Å²) in [4.78, 5) is 23.1. The molecule has 0 unspecified atom stereocenters. The normalized spacial score (nSPS) is 30.9. The van der Waals surface area contributed by atoms with Crippen molar-refractivity contribution in [1.82, 2.24) is 5.32 Å². The largest absolute Gasteiger partial charge is 0.481 e. The maximum absolute atomic E-state index is 12.1. The zero-order chi connectivity index (χ0) is 13.7. The van der Waals surface area contributed by atoms with Gasteiger partial charge in [-0.3, -0.25) is 9.59 Å². The highest BCUT2D eigenvalue weighted by Gasteiger charge is 2.66. The van der Waals surface area contributed by atoms with Gasteiger partial charge in [0.15, 0.2) is 0 Å². The van der Waals surface area contributed by atoms with Gasteiger partial charge in [0, 0.05) is 6.54 Å². The first kappa shape index (κ1) is 13.4. The zero-order valence-corrected chi connectivity index (χ0v) is 11.6. The molecule has 2 aliphatic carbocycles. The molecule has 2 aliphatic rings. The van der Waals surface area contributed by atoms with Gasteiger partial charge < -0.3 is 10.4 Å². The molecule has 0 heterocycles. The molecule has 0 bridgehead atoms. The maximum Gasteiger partial charge on any atom is 0.307 e. The molecule has 0 aromatic carbocycles. The summed E-state index contributed by atoms with van der Waals surface area (Å²) in [5.41, 5.74) is -0.127. The number of rotatable bonds is 5. The first-order valence-electron chi connectivity index (χ1n) is 6.73. The summed E-state index contributed by atoms with van der Waals surface area (Å²) in [5, 5.41) is 12.0. The first-order valence-corrected chi connectivity index (χ1v) is 6.73. The third-order valence-electron chi connectivity index (χ3n) is 5.11. The minimum absolute atomic E-state index is 0.0840. The summed E-state index contributed by atoms with van der Waals surface area (Å²) < 4.78 is 0. The first-order chi connectivity index (χ1) is 8.22. The molecule has 0 spiro atoms. The molecule has 18 heavy (non-hydrogen) atoms. The van der Waals surface area contributed by atoms with Crippen LogP contribution in [0.25, 0.3) is 0 Å². The Morgan fingerprint density at radius 2 is 1.83 bits per heavy atom. The second kappa shape index (κ2) is 3.97. The highest BCUT2D eigenvalue weighted by molar-refractivity contribution is 5.91. The van der Waals surface area contributed by atoms with Gasteiger partial charge in [0.25, 0.3) is 0 Å². The van der Waals surface area contributed by atoms with Crippen LogP contribution in [-0.2, 0) is 9.59 Å². The third-order valence-corrected chi connectivity index (χ3v) is 5.11. The summed E-state index contributed by atoms with van der Waals surface area (Å²) in [6.07, 6.45) is 2.34. The van der Waals surface area contributed by atoms with Crippen molar-refractivity contribution in [3.63, 3.8) is 0 Å². The molecule has 102 valence electrons. The molecule has 0 aliphatic heterocycles. The van der Waals surface area contributed by atoms with Crippen LogP contribution in [-0.4, -0.2) is 23.5 Å². The Morgan fingerprint density at radius 1 is 1.28 bits per heavy atom. The number of carboxylic acids is 1. The molecule has 4 nitrogen and oxygen atoms in total. The minimum atomic E-state index is -0.856. The molecule has 2 fully saturated rings. The quantitative estimate of drug-likeness (QED) is 0.786. The van der Waals surface area contributed by atoms with Gasteiger partial charge in [-0.05, 0) is 29.6 Å². The van der Waals surface area contributed by atoms with Crippen LogP contribution in [0.15, 0.2) is 0 Å². The number of hydrogen-bond donors (Lipinski definition) is 2. The molecule has 4 heteroatoms.